The molecule has 0 aromatic rings. The van der Waals surface area contributed by atoms with E-state index in [9.17, 15) is 29.7 Å². The van der Waals surface area contributed by atoms with Gasteiger partial charge in [0, 0.05) is 118 Å². The maximum absolute atomic E-state index is 11.2. The van der Waals surface area contributed by atoms with Gasteiger partial charge in [-0.05, 0) is 0 Å². The topological polar surface area (TPSA) is 128 Å². The van der Waals surface area contributed by atoms with E-state index in [-0.39, 0.29) is 59.6 Å². The predicted molar refractivity (Wildman–Crippen MR) is 105 cm³/mol. The molecule has 3 heterocycles. The molecule has 0 aromatic carbocycles. The van der Waals surface area contributed by atoms with E-state index in [1.807, 2.05) is 14.7 Å². The molecule has 0 unspecified atom stereocenters. The number of rotatable bonds is 6. The number of hydrogen-bond acceptors (Lipinski definition) is 8. The molecule has 11 nitrogen and oxygen atoms in total. The zero-order valence-electron chi connectivity index (χ0n) is 17.3. The minimum Gasteiger partial charge on any atom is -0.480 e. The average molecular weight is 573 g/mol. The van der Waals surface area contributed by atoms with Crippen molar-refractivity contribution < 1.29 is 69.6 Å². The van der Waals surface area contributed by atoms with Gasteiger partial charge in [-0.2, -0.15) is 0 Å². The first-order chi connectivity index (χ1) is 13.8. The van der Waals surface area contributed by atoms with Crippen molar-refractivity contribution in [2.75, 3.05) is 98.2 Å². The van der Waals surface area contributed by atoms with Gasteiger partial charge in [0.1, 0.15) is 0 Å². The molecule has 3 saturated heterocycles. The van der Waals surface area contributed by atoms with Gasteiger partial charge in [-0.1, -0.05) is 0 Å². The van der Waals surface area contributed by atoms with Crippen LogP contribution in [0.3, 0.4) is 0 Å². The molecule has 0 aliphatic carbocycles. The molecule has 3 fully saturated rings. The molecule has 3 rings (SSSR count). The van der Waals surface area contributed by atoms with Gasteiger partial charge in [-0.15, -0.1) is 0 Å². The first-order valence-corrected chi connectivity index (χ1v) is 10.1. The van der Waals surface area contributed by atoms with Gasteiger partial charge in [0.2, 0.25) is 0 Å². The van der Waals surface area contributed by atoms with Crippen molar-refractivity contribution in [2.24, 2.45) is 0 Å². The van der Waals surface area contributed by atoms with Crippen molar-refractivity contribution in [1.82, 2.24) is 24.5 Å². The molecule has 0 saturated carbocycles. The van der Waals surface area contributed by atoms with Crippen LogP contribution in [0.1, 0.15) is 0 Å². The molecule has 0 atom stereocenters. The fourth-order valence-corrected chi connectivity index (χ4v) is 3.75. The Bertz CT molecular complexity index is 469. The van der Waals surface area contributed by atoms with Crippen LogP contribution in [0, 0.1) is 39.9 Å². The first kappa shape index (κ1) is 27.6. The van der Waals surface area contributed by atoms with Gasteiger partial charge in [0.15, 0.2) is 0 Å². The maximum atomic E-state index is 11.2. The van der Waals surface area contributed by atoms with Crippen molar-refractivity contribution in [3.05, 3.63) is 0 Å². The third-order valence-corrected chi connectivity index (χ3v) is 5.47. The minimum atomic E-state index is -0.845. The predicted octanol–water partition coefficient (Wildman–Crippen LogP) is -2.22. The third kappa shape index (κ3) is 11.2. The molecule has 0 amide bonds. The van der Waals surface area contributed by atoms with E-state index >= 15 is 0 Å². The standard InChI is InChI=1S/C18H33N5O6.Gd/c24-16(25)13-21-7-1-19-2-8-22(14-17(26)27)11-5-20(4-10-21)6-12-23(9-3-19)15-18(28)29;/h1-15H2,(H,24,25)(H,26,27)(H,28,29);. The summed E-state index contributed by atoms with van der Waals surface area (Å²) in [6.07, 6.45) is 0. The zero-order chi connectivity index (χ0) is 21.2. The summed E-state index contributed by atoms with van der Waals surface area (Å²) >= 11 is 0. The summed E-state index contributed by atoms with van der Waals surface area (Å²) in [5.74, 6) is -2.53. The Morgan fingerprint density at radius 2 is 0.667 bits per heavy atom. The van der Waals surface area contributed by atoms with Crippen molar-refractivity contribution in [3.8, 4) is 0 Å². The van der Waals surface area contributed by atoms with Crippen LogP contribution >= 0.6 is 0 Å². The SMILES string of the molecule is O=C(O)CN1CCN2CCN(CC(=O)O)CCN(CC1)CCN(CC(=O)O)CC2.[Gd]. The molecule has 174 valence electrons. The van der Waals surface area contributed by atoms with E-state index in [2.05, 4.69) is 9.80 Å². The number of carbonyl (C=O) groups is 3. The second-order valence-corrected chi connectivity index (χ2v) is 7.69. The molecule has 0 radical (unpaired) electrons. The van der Waals surface area contributed by atoms with Crippen molar-refractivity contribution in [1.29, 1.82) is 0 Å². The average Bonchev–Trinajstić information content (AvgIpc) is 2.61. The Kier molecular flexibility index (Phi) is 13.4. The van der Waals surface area contributed by atoms with Crippen LogP contribution in [0.5, 0.6) is 0 Å². The summed E-state index contributed by atoms with van der Waals surface area (Å²) in [5, 5.41) is 27.6. The second-order valence-electron chi connectivity index (χ2n) is 7.69. The fourth-order valence-electron chi connectivity index (χ4n) is 3.75. The van der Waals surface area contributed by atoms with Crippen LogP contribution in [0.15, 0.2) is 0 Å². The minimum absolute atomic E-state index is 0. The summed E-state index contributed by atoms with van der Waals surface area (Å²) in [7, 11) is 0. The molecule has 0 spiro atoms. The number of carboxylic acid groups (broad SMARTS) is 3. The monoisotopic (exact) mass is 573 g/mol. The van der Waals surface area contributed by atoms with Crippen LogP contribution in [0.2, 0.25) is 0 Å². The summed E-state index contributed by atoms with van der Waals surface area (Å²) in [5.41, 5.74) is 0. The molecule has 3 N–H and O–H groups in total. The van der Waals surface area contributed by atoms with Gasteiger partial charge in [-0.25, -0.2) is 0 Å². The van der Waals surface area contributed by atoms with E-state index in [0.29, 0.717) is 78.5 Å². The van der Waals surface area contributed by atoms with Crippen molar-refractivity contribution >= 4 is 17.9 Å². The van der Waals surface area contributed by atoms with Crippen LogP contribution < -0.4 is 0 Å². The number of aliphatic carboxylic acids is 3. The molecule has 3 aliphatic rings. The van der Waals surface area contributed by atoms with E-state index in [1.165, 1.54) is 0 Å². The van der Waals surface area contributed by atoms with Crippen LogP contribution in [-0.2, 0) is 14.4 Å². The summed E-state index contributed by atoms with van der Waals surface area (Å²) in [4.78, 5) is 43.8. The fraction of sp³-hybridized carbons (Fsp3) is 0.833. The van der Waals surface area contributed by atoms with Gasteiger partial charge in [0.25, 0.3) is 0 Å². The van der Waals surface area contributed by atoms with Gasteiger partial charge >= 0.3 is 17.9 Å². The largest absolute Gasteiger partial charge is 0.480 e. The molecular formula is C18H33GdN5O6. The summed E-state index contributed by atoms with van der Waals surface area (Å²) in [6, 6.07) is 0. The van der Waals surface area contributed by atoms with Crippen LogP contribution in [-0.4, -0.2) is 156 Å². The number of fused-ring (bicyclic) bond motifs is 12. The Morgan fingerprint density at radius 3 is 0.833 bits per heavy atom. The van der Waals surface area contributed by atoms with E-state index in [1.54, 1.807) is 0 Å². The van der Waals surface area contributed by atoms with E-state index < -0.39 is 17.9 Å². The summed E-state index contributed by atoms with van der Waals surface area (Å²) in [6.45, 7) is 7.62. The van der Waals surface area contributed by atoms with Gasteiger partial charge in [0.05, 0.1) is 19.6 Å². The van der Waals surface area contributed by atoms with Crippen molar-refractivity contribution in [2.45, 2.75) is 0 Å². The Morgan fingerprint density at radius 1 is 0.467 bits per heavy atom. The molecule has 3 aliphatic heterocycles. The molecule has 2 bridgehead atoms. The molecular weight excluding hydrogens is 539 g/mol. The third-order valence-electron chi connectivity index (χ3n) is 5.47. The smallest absolute Gasteiger partial charge is 0.317 e. The maximum Gasteiger partial charge on any atom is 0.317 e. The molecule has 12 heteroatoms. The molecule has 30 heavy (non-hydrogen) atoms. The van der Waals surface area contributed by atoms with E-state index in [4.69, 9.17) is 0 Å². The second kappa shape index (κ2) is 14.6. The number of nitrogens with zero attached hydrogens (tertiary/aromatic N) is 5. The van der Waals surface area contributed by atoms with E-state index in [0.717, 1.165) is 0 Å². The summed E-state index contributed by atoms with van der Waals surface area (Å²) < 4.78 is 0. The quantitative estimate of drug-likeness (QED) is 0.320. The Hall–Kier alpha value is -0.465. The number of carboxylic acids is 3. The van der Waals surface area contributed by atoms with Crippen LogP contribution in [0.4, 0.5) is 0 Å². The van der Waals surface area contributed by atoms with Crippen LogP contribution in [0.25, 0.3) is 0 Å². The van der Waals surface area contributed by atoms with Gasteiger partial charge < -0.3 is 15.3 Å². The Labute approximate surface area is 209 Å². The van der Waals surface area contributed by atoms with Gasteiger partial charge in [-0.3, -0.25) is 38.9 Å². The molecule has 0 aromatic heterocycles. The first-order valence-electron chi connectivity index (χ1n) is 10.1. The van der Waals surface area contributed by atoms with Crippen molar-refractivity contribution in [3.63, 3.8) is 0 Å². The zero-order valence-corrected chi connectivity index (χ0v) is 19.5. The normalized spacial score (nSPS) is 25.6. The number of hydrogen-bond donors (Lipinski definition) is 3. The Balaban J connectivity index is 0.00000450.